The van der Waals surface area contributed by atoms with Crippen molar-refractivity contribution in [1.29, 1.82) is 0 Å². The van der Waals surface area contributed by atoms with Crippen molar-refractivity contribution in [3.8, 4) is 0 Å². The van der Waals surface area contributed by atoms with Gasteiger partial charge in [0.25, 0.3) is 0 Å². The minimum atomic E-state index is -0.933. The number of carbonyl (C=O) groups is 2. The standard InChI is InChI=1S/C12H21NO4/c1-9(8-11(14)15)12(16)13-5-2-10-3-6-17-7-4-10/h9-10H,2-8H2,1H3,(H,13,16)(H,14,15). The van der Waals surface area contributed by atoms with Gasteiger partial charge in [-0.3, -0.25) is 9.59 Å². The van der Waals surface area contributed by atoms with Crippen LogP contribution in [0.2, 0.25) is 0 Å². The number of carboxylic acids is 1. The quantitative estimate of drug-likeness (QED) is 0.730. The summed E-state index contributed by atoms with van der Waals surface area (Å²) in [6.07, 6.45) is 2.96. The van der Waals surface area contributed by atoms with E-state index in [0.29, 0.717) is 12.5 Å². The Hall–Kier alpha value is -1.10. The first kappa shape index (κ1) is 14.0. The minimum Gasteiger partial charge on any atom is -0.481 e. The SMILES string of the molecule is CC(CC(=O)O)C(=O)NCCC1CCOCC1. The third-order valence-electron chi connectivity index (χ3n) is 3.12. The van der Waals surface area contributed by atoms with Crippen molar-refractivity contribution >= 4 is 11.9 Å². The summed E-state index contributed by atoms with van der Waals surface area (Å²) in [5.41, 5.74) is 0. The molecule has 98 valence electrons. The monoisotopic (exact) mass is 243 g/mol. The smallest absolute Gasteiger partial charge is 0.304 e. The highest BCUT2D eigenvalue weighted by atomic mass is 16.5. The minimum absolute atomic E-state index is 0.108. The van der Waals surface area contributed by atoms with Crippen LogP contribution in [0.4, 0.5) is 0 Å². The summed E-state index contributed by atoms with van der Waals surface area (Å²) < 4.78 is 5.26. The van der Waals surface area contributed by atoms with Crippen molar-refractivity contribution in [2.75, 3.05) is 19.8 Å². The van der Waals surface area contributed by atoms with Crippen LogP contribution < -0.4 is 5.32 Å². The molecule has 1 heterocycles. The van der Waals surface area contributed by atoms with E-state index >= 15 is 0 Å². The molecule has 2 N–H and O–H groups in total. The molecule has 0 aromatic heterocycles. The van der Waals surface area contributed by atoms with Crippen molar-refractivity contribution in [3.05, 3.63) is 0 Å². The molecule has 1 aliphatic heterocycles. The Balaban J connectivity index is 2.12. The highest BCUT2D eigenvalue weighted by Gasteiger charge is 2.17. The van der Waals surface area contributed by atoms with Crippen LogP contribution in [0.1, 0.15) is 32.6 Å². The van der Waals surface area contributed by atoms with Crippen molar-refractivity contribution in [2.24, 2.45) is 11.8 Å². The summed E-state index contributed by atoms with van der Waals surface area (Å²) in [6.45, 7) is 3.90. The molecule has 0 bridgehead atoms. The van der Waals surface area contributed by atoms with Crippen LogP contribution in [0.5, 0.6) is 0 Å². The van der Waals surface area contributed by atoms with E-state index in [-0.39, 0.29) is 12.3 Å². The van der Waals surface area contributed by atoms with Crippen LogP contribution in [0.15, 0.2) is 0 Å². The molecule has 1 amide bonds. The van der Waals surface area contributed by atoms with E-state index in [2.05, 4.69) is 5.32 Å². The third kappa shape index (κ3) is 5.68. The Morgan fingerprint density at radius 2 is 2.06 bits per heavy atom. The van der Waals surface area contributed by atoms with Crippen molar-refractivity contribution in [2.45, 2.75) is 32.6 Å². The molecular weight excluding hydrogens is 222 g/mol. The van der Waals surface area contributed by atoms with Crippen molar-refractivity contribution < 1.29 is 19.4 Å². The number of aliphatic carboxylic acids is 1. The highest BCUT2D eigenvalue weighted by Crippen LogP contribution is 2.17. The molecule has 0 saturated carbocycles. The van der Waals surface area contributed by atoms with Gasteiger partial charge in [0.2, 0.25) is 5.91 Å². The lowest BCUT2D eigenvalue weighted by Gasteiger charge is -2.22. The van der Waals surface area contributed by atoms with Crippen LogP contribution in [0.25, 0.3) is 0 Å². The first-order chi connectivity index (χ1) is 8.09. The largest absolute Gasteiger partial charge is 0.481 e. The van der Waals surface area contributed by atoms with Crippen LogP contribution >= 0.6 is 0 Å². The molecule has 1 saturated heterocycles. The lowest BCUT2D eigenvalue weighted by Crippen LogP contribution is -2.32. The number of ether oxygens (including phenoxy) is 1. The predicted octanol–water partition coefficient (Wildman–Crippen LogP) is 1.03. The maximum absolute atomic E-state index is 11.5. The van der Waals surface area contributed by atoms with E-state index in [4.69, 9.17) is 9.84 Å². The van der Waals surface area contributed by atoms with Gasteiger partial charge in [-0.1, -0.05) is 6.92 Å². The van der Waals surface area contributed by atoms with E-state index in [0.717, 1.165) is 32.5 Å². The summed E-state index contributed by atoms with van der Waals surface area (Å²) in [5, 5.41) is 11.4. The summed E-state index contributed by atoms with van der Waals surface area (Å²) >= 11 is 0. The van der Waals surface area contributed by atoms with E-state index in [1.165, 1.54) is 0 Å². The molecule has 0 aromatic carbocycles. The van der Waals surface area contributed by atoms with Gasteiger partial charge in [0.1, 0.15) is 0 Å². The Morgan fingerprint density at radius 3 is 2.65 bits per heavy atom. The van der Waals surface area contributed by atoms with Gasteiger partial charge in [-0.2, -0.15) is 0 Å². The number of nitrogens with one attached hydrogen (secondary N) is 1. The number of hydrogen-bond donors (Lipinski definition) is 2. The molecule has 0 aromatic rings. The zero-order chi connectivity index (χ0) is 12.7. The molecule has 17 heavy (non-hydrogen) atoms. The molecule has 1 fully saturated rings. The lowest BCUT2D eigenvalue weighted by molar-refractivity contribution is -0.140. The molecule has 0 radical (unpaired) electrons. The second-order valence-electron chi connectivity index (χ2n) is 4.63. The molecule has 0 aliphatic carbocycles. The van der Waals surface area contributed by atoms with Gasteiger partial charge in [0.05, 0.1) is 6.42 Å². The molecule has 1 aliphatic rings. The van der Waals surface area contributed by atoms with Gasteiger partial charge >= 0.3 is 5.97 Å². The number of carbonyl (C=O) groups excluding carboxylic acids is 1. The van der Waals surface area contributed by atoms with Crippen LogP contribution in [0.3, 0.4) is 0 Å². The van der Waals surface area contributed by atoms with E-state index in [1.54, 1.807) is 6.92 Å². The fourth-order valence-corrected chi connectivity index (χ4v) is 1.96. The van der Waals surface area contributed by atoms with Crippen LogP contribution in [0, 0.1) is 11.8 Å². The van der Waals surface area contributed by atoms with E-state index in [9.17, 15) is 9.59 Å². The van der Waals surface area contributed by atoms with Gasteiger partial charge < -0.3 is 15.2 Å². The zero-order valence-corrected chi connectivity index (χ0v) is 10.3. The fourth-order valence-electron chi connectivity index (χ4n) is 1.96. The number of amides is 1. The summed E-state index contributed by atoms with van der Waals surface area (Å²) in [6, 6.07) is 0. The predicted molar refractivity (Wildman–Crippen MR) is 62.6 cm³/mol. The van der Waals surface area contributed by atoms with Gasteiger partial charge in [0.15, 0.2) is 0 Å². The Labute approximate surface area is 102 Å². The zero-order valence-electron chi connectivity index (χ0n) is 10.3. The molecule has 5 heteroatoms. The fraction of sp³-hybridized carbons (Fsp3) is 0.833. The molecule has 0 spiro atoms. The average molecular weight is 243 g/mol. The van der Waals surface area contributed by atoms with E-state index < -0.39 is 11.9 Å². The van der Waals surface area contributed by atoms with Gasteiger partial charge in [-0.05, 0) is 25.2 Å². The third-order valence-corrected chi connectivity index (χ3v) is 3.12. The number of carboxylic acid groups (broad SMARTS) is 1. The number of rotatable bonds is 6. The first-order valence-electron chi connectivity index (χ1n) is 6.17. The van der Waals surface area contributed by atoms with Gasteiger partial charge in [-0.25, -0.2) is 0 Å². The normalized spacial score (nSPS) is 18.6. The summed E-state index contributed by atoms with van der Waals surface area (Å²) in [5.74, 6) is -0.933. The molecule has 1 rings (SSSR count). The Bertz CT molecular complexity index is 261. The Morgan fingerprint density at radius 1 is 1.41 bits per heavy atom. The van der Waals surface area contributed by atoms with Crippen LogP contribution in [-0.2, 0) is 14.3 Å². The molecule has 5 nitrogen and oxygen atoms in total. The Kier molecular flexibility index (Phi) is 5.97. The van der Waals surface area contributed by atoms with Crippen molar-refractivity contribution in [3.63, 3.8) is 0 Å². The number of hydrogen-bond acceptors (Lipinski definition) is 3. The average Bonchev–Trinajstić information content (AvgIpc) is 2.29. The maximum Gasteiger partial charge on any atom is 0.304 e. The molecule has 1 unspecified atom stereocenters. The summed E-state index contributed by atoms with van der Waals surface area (Å²) in [7, 11) is 0. The van der Waals surface area contributed by atoms with Gasteiger partial charge in [0, 0.05) is 25.7 Å². The van der Waals surface area contributed by atoms with E-state index in [1.807, 2.05) is 0 Å². The highest BCUT2D eigenvalue weighted by molar-refractivity contribution is 5.82. The second kappa shape index (κ2) is 7.27. The van der Waals surface area contributed by atoms with Crippen LogP contribution in [-0.4, -0.2) is 36.7 Å². The maximum atomic E-state index is 11.5. The summed E-state index contributed by atoms with van der Waals surface area (Å²) in [4.78, 5) is 22.0. The molecule has 1 atom stereocenters. The second-order valence-corrected chi connectivity index (χ2v) is 4.63. The molecular formula is C12H21NO4. The topological polar surface area (TPSA) is 75.6 Å². The lowest BCUT2D eigenvalue weighted by atomic mass is 9.96. The first-order valence-corrected chi connectivity index (χ1v) is 6.17. The van der Waals surface area contributed by atoms with Crippen molar-refractivity contribution in [1.82, 2.24) is 5.32 Å². The van der Waals surface area contributed by atoms with Gasteiger partial charge in [-0.15, -0.1) is 0 Å².